The minimum atomic E-state index is -0.725. The summed E-state index contributed by atoms with van der Waals surface area (Å²) in [7, 11) is 0. The van der Waals surface area contributed by atoms with Gasteiger partial charge in [0.1, 0.15) is 0 Å². The number of aryl methyl sites for hydroxylation is 4. The van der Waals surface area contributed by atoms with Crippen LogP contribution in [0.5, 0.6) is 0 Å². The molecule has 0 aliphatic heterocycles. The normalized spacial score (nSPS) is 11.6. The number of carboxylic acid groups (broad SMARTS) is 1. The van der Waals surface area contributed by atoms with Crippen molar-refractivity contribution in [2.45, 2.75) is 98.8 Å². The number of carboxylic acids is 1. The topological polar surface area (TPSA) is 37.3 Å². The van der Waals surface area contributed by atoms with Crippen molar-refractivity contribution in [1.29, 1.82) is 0 Å². The molecule has 2 rings (SSSR count). The average Bonchev–Trinajstić information content (AvgIpc) is 2.65. The molecule has 1 N–H and O–H groups in total. The summed E-state index contributed by atoms with van der Waals surface area (Å²) >= 11 is 0. The summed E-state index contributed by atoms with van der Waals surface area (Å²) in [6.07, 6.45) is 3.40. The number of rotatable bonds is 7. The molecule has 0 amide bonds. The molecule has 0 aromatic heterocycles. The fourth-order valence-corrected chi connectivity index (χ4v) is 3.66. The maximum Gasteiger partial charge on any atom is 0.303 e. The fraction of sp³-hybridized carbons (Fsp3) is 0.536. The summed E-state index contributed by atoms with van der Waals surface area (Å²) < 4.78 is 0. The second kappa shape index (κ2) is 10.8. The molecular formula is C28H42O2. The number of hydrogen-bond acceptors (Lipinski definition) is 1. The molecule has 0 saturated carbocycles. The molecule has 2 heteroatoms. The highest BCUT2D eigenvalue weighted by atomic mass is 16.4. The lowest BCUT2D eigenvalue weighted by atomic mass is 9.79. The van der Waals surface area contributed by atoms with Gasteiger partial charge in [0.05, 0.1) is 0 Å². The molecule has 166 valence electrons. The van der Waals surface area contributed by atoms with Crippen LogP contribution in [0.15, 0.2) is 36.4 Å². The van der Waals surface area contributed by atoms with Gasteiger partial charge in [-0.2, -0.15) is 0 Å². The minimum absolute atomic E-state index is 0.0726. The summed E-state index contributed by atoms with van der Waals surface area (Å²) in [4.78, 5) is 10.6. The predicted molar refractivity (Wildman–Crippen MR) is 130 cm³/mol. The van der Waals surface area contributed by atoms with Gasteiger partial charge in [0.25, 0.3) is 0 Å². The molecule has 0 bridgehead atoms. The Labute approximate surface area is 184 Å². The number of aliphatic carboxylic acids is 1. The SMILES string of the molecule is CCCC(C)(C)c1ccc(C)c(C)c1.Cc1ccc(C(C)(C)CCC(=O)O)cc1C. The van der Waals surface area contributed by atoms with Crippen LogP contribution in [-0.2, 0) is 15.6 Å². The Bertz CT molecular complexity index is 844. The summed E-state index contributed by atoms with van der Waals surface area (Å²) in [6.45, 7) is 19.7. The van der Waals surface area contributed by atoms with Crippen molar-refractivity contribution in [3.63, 3.8) is 0 Å². The first-order valence-electron chi connectivity index (χ1n) is 11.2. The highest BCUT2D eigenvalue weighted by Crippen LogP contribution is 2.30. The molecule has 0 radical (unpaired) electrons. The van der Waals surface area contributed by atoms with Crippen LogP contribution in [-0.4, -0.2) is 11.1 Å². The molecule has 2 aromatic rings. The minimum Gasteiger partial charge on any atom is -0.481 e. The monoisotopic (exact) mass is 410 g/mol. The summed E-state index contributed by atoms with van der Waals surface area (Å²) in [6, 6.07) is 13.2. The first-order chi connectivity index (χ1) is 13.8. The molecule has 0 fully saturated rings. The van der Waals surface area contributed by atoms with Gasteiger partial charge in [-0.1, -0.05) is 77.4 Å². The molecule has 0 atom stereocenters. The van der Waals surface area contributed by atoms with Crippen LogP contribution in [0.1, 0.15) is 93.7 Å². The van der Waals surface area contributed by atoms with Gasteiger partial charge in [-0.05, 0) is 84.7 Å². The third-order valence-corrected chi connectivity index (χ3v) is 6.42. The molecular weight excluding hydrogens is 368 g/mol. The standard InChI is InChI=1S/C14H20O2.C14H22/c1-10-5-6-12(9-11(10)2)14(3,4)8-7-13(15)16;1-6-9-14(4,5)13-8-7-11(2)12(3)10-13/h5-6,9H,7-8H2,1-4H3,(H,15,16);7-8,10H,6,9H2,1-5H3. The van der Waals surface area contributed by atoms with Gasteiger partial charge < -0.3 is 5.11 Å². The maximum absolute atomic E-state index is 10.6. The van der Waals surface area contributed by atoms with Crippen LogP contribution in [0.2, 0.25) is 0 Å². The Kier molecular flexibility index (Phi) is 9.34. The van der Waals surface area contributed by atoms with Gasteiger partial charge in [0, 0.05) is 6.42 Å². The lowest BCUT2D eigenvalue weighted by molar-refractivity contribution is -0.137. The highest BCUT2D eigenvalue weighted by molar-refractivity contribution is 5.66. The summed E-state index contributed by atoms with van der Waals surface area (Å²) in [5.74, 6) is -0.725. The molecule has 0 aliphatic carbocycles. The Balaban J connectivity index is 0.000000303. The zero-order chi connectivity index (χ0) is 23.1. The predicted octanol–water partition coefficient (Wildman–Crippen LogP) is 7.83. The molecule has 0 unspecified atom stereocenters. The van der Waals surface area contributed by atoms with E-state index in [1.54, 1.807) is 0 Å². The van der Waals surface area contributed by atoms with Crippen LogP contribution in [0.4, 0.5) is 0 Å². The first-order valence-corrected chi connectivity index (χ1v) is 11.2. The molecule has 30 heavy (non-hydrogen) atoms. The zero-order valence-corrected chi connectivity index (χ0v) is 20.6. The van der Waals surface area contributed by atoms with Gasteiger partial charge in [-0.25, -0.2) is 0 Å². The smallest absolute Gasteiger partial charge is 0.303 e. The molecule has 0 aliphatic rings. The lowest BCUT2D eigenvalue weighted by Gasteiger charge is -2.25. The summed E-state index contributed by atoms with van der Waals surface area (Å²) in [5, 5.41) is 8.72. The Morgan fingerprint density at radius 1 is 0.733 bits per heavy atom. The van der Waals surface area contributed by atoms with Crippen molar-refractivity contribution in [3.05, 3.63) is 69.8 Å². The molecule has 2 aromatic carbocycles. The third-order valence-electron chi connectivity index (χ3n) is 6.42. The van der Waals surface area contributed by atoms with Gasteiger partial charge in [0.15, 0.2) is 0 Å². The number of hydrogen-bond donors (Lipinski definition) is 1. The van der Waals surface area contributed by atoms with Crippen LogP contribution >= 0.6 is 0 Å². The van der Waals surface area contributed by atoms with Gasteiger partial charge in [-0.3, -0.25) is 4.79 Å². The van der Waals surface area contributed by atoms with Crippen molar-refractivity contribution in [3.8, 4) is 0 Å². The summed E-state index contributed by atoms with van der Waals surface area (Å²) in [5.41, 5.74) is 8.29. The maximum atomic E-state index is 10.6. The number of carbonyl (C=O) groups is 1. The van der Waals surface area contributed by atoms with E-state index >= 15 is 0 Å². The van der Waals surface area contributed by atoms with E-state index in [0.29, 0.717) is 11.8 Å². The van der Waals surface area contributed by atoms with E-state index in [1.165, 1.54) is 46.2 Å². The average molecular weight is 411 g/mol. The van der Waals surface area contributed by atoms with Crippen LogP contribution in [0.25, 0.3) is 0 Å². The van der Waals surface area contributed by atoms with Crippen LogP contribution in [0, 0.1) is 27.7 Å². The van der Waals surface area contributed by atoms with E-state index < -0.39 is 5.97 Å². The Morgan fingerprint density at radius 3 is 1.47 bits per heavy atom. The second-order valence-corrected chi connectivity index (χ2v) is 10.0. The van der Waals surface area contributed by atoms with Crippen LogP contribution < -0.4 is 0 Å². The van der Waals surface area contributed by atoms with Gasteiger partial charge in [0.2, 0.25) is 0 Å². The van der Waals surface area contributed by atoms with Crippen molar-refractivity contribution < 1.29 is 9.90 Å². The molecule has 0 spiro atoms. The van der Waals surface area contributed by atoms with Crippen molar-refractivity contribution in [2.24, 2.45) is 0 Å². The Morgan fingerprint density at radius 2 is 1.13 bits per heavy atom. The molecule has 2 nitrogen and oxygen atoms in total. The fourth-order valence-electron chi connectivity index (χ4n) is 3.66. The van der Waals surface area contributed by atoms with Gasteiger partial charge >= 0.3 is 5.97 Å². The number of benzene rings is 2. The van der Waals surface area contributed by atoms with E-state index in [1.807, 2.05) is 0 Å². The second-order valence-electron chi connectivity index (χ2n) is 10.0. The molecule has 0 heterocycles. The largest absolute Gasteiger partial charge is 0.481 e. The van der Waals surface area contributed by atoms with Crippen LogP contribution in [0.3, 0.4) is 0 Å². The van der Waals surface area contributed by atoms with Crippen molar-refractivity contribution in [2.75, 3.05) is 0 Å². The van der Waals surface area contributed by atoms with E-state index in [0.717, 1.165) is 0 Å². The van der Waals surface area contributed by atoms with E-state index in [9.17, 15) is 4.79 Å². The highest BCUT2D eigenvalue weighted by Gasteiger charge is 2.22. The zero-order valence-electron chi connectivity index (χ0n) is 20.6. The van der Waals surface area contributed by atoms with Crippen molar-refractivity contribution >= 4 is 5.97 Å². The first kappa shape index (κ1) is 25.9. The van der Waals surface area contributed by atoms with Gasteiger partial charge in [-0.15, -0.1) is 0 Å². The van der Waals surface area contributed by atoms with E-state index in [4.69, 9.17) is 5.11 Å². The third kappa shape index (κ3) is 7.63. The van der Waals surface area contributed by atoms with E-state index in [2.05, 4.69) is 98.7 Å². The van der Waals surface area contributed by atoms with Crippen molar-refractivity contribution in [1.82, 2.24) is 0 Å². The quantitative estimate of drug-likeness (QED) is 0.505. The Hall–Kier alpha value is -2.09. The lowest BCUT2D eigenvalue weighted by Crippen LogP contribution is -2.19. The van der Waals surface area contributed by atoms with E-state index in [-0.39, 0.29) is 11.8 Å². The molecule has 0 saturated heterocycles.